The molecular weight excluding hydrogens is 534 g/mol. The lowest BCUT2D eigenvalue weighted by molar-refractivity contribution is -0.267. The van der Waals surface area contributed by atoms with E-state index in [1.54, 1.807) is 0 Å². The second-order valence-electron chi connectivity index (χ2n) is 15.7. The van der Waals surface area contributed by atoms with Gasteiger partial charge in [0.1, 0.15) is 18.8 Å². The van der Waals surface area contributed by atoms with Crippen molar-refractivity contribution >= 4 is 0 Å². The zero-order valence-corrected chi connectivity index (χ0v) is 27.3. The normalized spacial score (nSPS) is 36.2. The van der Waals surface area contributed by atoms with Crippen LogP contribution in [0.25, 0.3) is 0 Å². The van der Waals surface area contributed by atoms with Crippen molar-refractivity contribution < 1.29 is 19.3 Å². The number of hydrogen-bond donors (Lipinski definition) is 1. The van der Waals surface area contributed by atoms with Gasteiger partial charge in [-0.15, -0.1) is 0 Å². The van der Waals surface area contributed by atoms with Crippen LogP contribution in [0.1, 0.15) is 83.9 Å². The monoisotopic (exact) mass is 585 g/mol. The molecule has 7 atom stereocenters. The molecule has 2 aliphatic heterocycles. The Morgan fingerprint density at radius 3 is 2.49 bits per heavy atom. The summed E-state index contributed by atoms with van der Waals surface area (Å²) in [6.07, 6.45) is 9.83. The molecule has 2 aromatic rings. The summed E-state index contributed by atoms with van der Waals surface area (Å²) in [5, 5.41) is 12.6. The van der Waals surface area contributed by atoms with E-state index in [4.69, 9.17) is 14.2 Å². The first-order chi connectivity index (χ1) is 20.4. The fraction of sp³-hybridized carbons (Fsp3) is 0.632. The molecule has 2 aromatic carbocycles. The lowest BCUT2D eigenvalue weighted by Crippen LogP contribution is -2.78. The number of benzene rings is 2. The molecule has 43 heavy (non-hydrogen) atoms. The highest BCUT2D eigenvalue weighted by atomic mass is 16.6. The Morgan fingerprint density at radius 2 is 1.84 bits per heavy atom. The van der Waals surface area contributed by atoms with Gasteiger partial charge in [0.15, 0.2) is 11.5 Å². The van der Waals surface area contributed by atoms with Crippen molar-refractivity contribution in [1.29, 1.82) is 0 Å². The zero-order valence-electron chi connectivity index (χ0n) is 27.3. The van der Waals surface area contributed by atoms with Gasteiger partial charge in [-0.25, -0.2) is 0 Å². The largest absolute Gasteiger partial charge is 0.485 e. The summed E-state index contributed by atoms with van der Waals surface area (Å²) in [6, 6.07) is 15.2. The van der Waals surface area contributed by atoms with Crippen LogP contribution in [0, 0.1) is 22.2 Å². The molecule has 2 heterocycles. The number of piperidine rings is 1. The average molecular weight is 586 g/mol. The maximum absolute atomic E-state index is 12.6. The van der Waals surface area contributed by atoms with E-state index in [1.165, 1.54) is 30.5 Å². The molecule has 0 radical (unpaired) electrons. The van der Waals surface area contributed by atoms with Gasteiger partial charge < -0.3 is 19.3 Å². The molecule has 232 valence electrons. The lowest BCUT2D eigenvalue weighted by Gasteiger charge is -2.71. The molecule has 3 aliphatic carbocycles. The average Bonchev–Trinajstić information content (AvgIpc) is 3.71. The third-order valence-corrected chi connectivity index (χ3v) is 12.7. The van der Waals surface area contributed by atoms with Crippen molar-refractivity contribution in [3.8, 4) is 11.5 Å². The first kappa shape index (κ1) is 29.4. The summed E-state index contributed by atoms with van der Waals surface area (Å²) >= 11 is 0. The quantitative estimate of drug-likeness (QED) is 0.335. The van der Waals surface area contributed by atoms with Crippen LogP contribution in [-0.4, -0.2) is 54.1 Å². The zero-order chi connectivity index (χ0) is 30.4. The van der Waals surface area contributed by atoms with E-state index in [-0.39, 0.29) is 28.5 Å². The molecule has 5 heteroatoms. The lowest BCUT2D eigenvalue weighted by atomic mass is 9.37. The third kappa shape index (κ3) is 3.93. The molecule has 5 aliphatic rings. The third-order valence-electron chi connectivity index (χ3n) is 12.7. The summed E-state index contributed by atoms with van der Waals surface area (Å²) in [5.74, 6) is 2.54. The second-order valence-corrected chi connectivity index (χ2v) is 15.7. The molecule has 2 bridgehead atoms. The van der Waals surface area contributed by atoms with E-state index in [9.17, 15) is 5.11 Å². The number of nitrogens with zero attached hydrogens (tertiary/aromatic N) is 1. The van der Waals surface area contributed by atoms with E-state index in [2.05, 4.69) is 88.1 Å². The standard InChI is InChI=1S/C38H51NO4/c1-8-18-37-24-35(5,36(6,40)34(2,3)4)32(41-7)33-38(37)19-20-39(22-25-14-15-25)29(37)21-27-16-17-28(31(43-33)30(27)38)42-23-26-12-10-9-11-13-26/h8-13,16-18,25,29,32-33,40H,14-15,19-24H2,1-7H3/b18-8+/t29-,32?,33+,35+,36+,37-,38+/m0/s1. The van der Waals surface area contributed by atoms with Gasteiger partial charge in [0.25, 0.3) is 0 Å². The van der Waals surface area contributed by atoms with Gasteiger partial charge in [0, 0.05) is 36.1 Å². The van der Waals surface area contributed by atoms with Gasteiger partial charge in [0.2, 0.25) is 0 Å². The van der Waals surface area contributed by atoms with Crippen LogP contribution in [0.4, 0.5) is 0 Å². The van der Waals surface area contributed by atoms with Crippen LogP contribution >= 0.6 is 0 Å². The molecule has 1 saturated heterocycles. The van der Waals surface area contributed by atoms with Crippen molar-refractivity contribution in [2.45, 2.75) is 110 Å². The fourth-order valence-electron chi connectivity index (χ4n) is 10.0. The molecule has 2 saturated carbocycles. The second kappa shape index (κ2) is 9.83. The van der Waals surface area contributed by atoms with Gasteiger partial charge in [-0.05, 0) is 81.0 Å². The fourth-order valence-corrected chi connectivity index (χ4v) is 10.0. The van der Waals surface area contributed by atoms with Crippen molar-refractivity contribution in [2.75, 3.05) is 20.2 Å². The number of rotatable bonds is 8. The van der Waals surface area contributed by atoms with E-state index in [0.717, 1.165) is 48.8 Å². The first-order valence-corrected chi connectivity index (χ1v) is 16.6. The van der Waals surface area contributed by atoms with Gasteiger partial charge in [-0.3, -0.25) is 4.90 Å². The Balaban J connectivity index is 1.43. The van der Waals surface area contributed by atoms with E-state index in [1.807, 2.05) is 20.1 Å². The minimum atomic E-state index is -1.02. The van der Waals surface area contributed by atoms with Crippen LogP contribution < -0.4 is 9.47 Å². The molecule has 1 spiro atoms. The van der Waals surface area contributed by atoms with Crippen molar-refractivity contribution in [2.24, 2.45) is 22.2 Å². The van der Waals surface area contributed by atoms with Gasteiger partial charge in [0.05, 0.1) is 11.0 Å². The van der Waals surface area contributed by atoms with Crippen molar-refractivity contribution in [1.82, 2.24) is 4.90 Å². The molecule has 5 nitrogen and oxygen atoms in total. The molecule has 0 amide bonds. The number of ether oxygens (including phenoxy) is 3. The maximum Gasteiger partial charge on any atom is 0.166 e. The SMILES string of the molecule is C/C=C/[C@@]12C[C@@](C)([C@](C)(O)C(C)(C)C)C(OC)[C@H]3Oc4c(OCc5ccccc5)ccc5c4[C@]31CCN(CC1CC1)[C@H]2C5. The predicted molar refractivity (Wildman–Crippen MR) is 171 cm³/mol. The Bertz CT molecular complexity index is 1410. The number of methoxy groups -OCH3 is 1. The molecule has 7 rings (SSSR count). The highest BCUT2D eigenvalue weighted by Gasteiger charge is 2.78. The molecule has 1 N–H and O–H groups in total. The molecule has 1 unspecified atom stereocenters. The van der Waals surface area contributed by atoms with Crippen LogP contribution in [0.15, 0.2) is 54.6 Å². The summed E-state index contributed by atoms with van der Waals surface area (Å²) in [6.45, 7) is 15.7. The number of hydrogen-bond acceptors (Lipinski definition) is 5. The van der Waals surface area contributed by atoms with Crippen LogP contribution in [-0.2, 0) is 23.2 Å². The smallest absolute Gasteiger partial charge is 0.166 e. The van der Waals surface area contributed by atoms with Gasteiger partial charge >= 0.3 is 0 Å². The van der Waals surface area contributed by atoms with Crippen LogP contribution in [0.3, 0.4) is 0 Å². The Morgan fingerprint density at radius 1 is 1.09 bits per heavy atom. The molecule has 3 fully saturated rings. The van der Waals surface area contributed by atoms with Gasteiger partial charge in [-0.1, -0.05) is 76.2 Å². The molecule has 0 aromatic heterocycles. The van der Waals surface area contributed by atoms with Crippen LogP contribution in [0.5, 0.6) is 11.5 Å². The predicted octanol–water partition coefficient (Wildman–Crippen LogP) is 7.09. The van der Waals surface area contributed by atoms with Crippen molar-refractivity contribution in [3.05, 3.63) is 71.3 Å². The summed E-state index contributed by atoms with van der Waals surface area (Å²) in [5.41, 5.74) is 1.47. The molecular formula is C38H51NO4. The summed E-state index contributed by atoms with van der Waals surface area (Å²) < 4.78 is 20.4. The van der Waals surface area contributed by atoms with E-state index in [0.29, 0.717) is 12.6 Å². The Labute approximate surface area is 258 Å². The van der Waals surface area contributed by atoms with Crippen molar-refractivity contribution in [3.63, 3.8) is 0 Å². The van der Waals surface area contributed by atoms with Crippen LogP contribution in [0.2, 0.25) is 0 Å². The van der Waals surface area contributed by atoms with E-state index >= 15 is 0 Å². The highest BCUT2D eigenvalue weighted by Crippen LogP contribution is 2.74. The Kier molecular flexibility index (Phi) is 6.71. The summed E-state index contributed by atoms with van der Waals surface area (Å²) in [4.78, 5) is 2.82. The highest BCUT2D eigenvalue weighted by molar-refractivity contribution is 5.63. The summed E-state index contributed by atoms with van der Waals surface area (Å²) in [7, 11) is 1.82. The maximum atomic E-state index is 12.6. The minimum absolute atomic E-state index is 0.213. The van der Waals surface area contributed by atoms with E-state index < -0.39 is 11.0 Å². The minimum Gasteiger partial charge on any atom is -0.485 e. The topological polar surface area (TPSA) is 51.2 Å². The number of allylic oxidation sites excluding steroid dienone is 1. The van der Waals surface area contributed by atoms with Gasteiger partial charge in [-0.2, -0.15) is 0 Å². The Hall–Kier alpha value is -2.34. The number of aliphatic hydroxyl groups is 1. The first-order valence-electron chi connectivity index (χ1n) is 16.6. The number of likely N-dealkylation sites (tertiary alicyclic amines) is 1.